The fraction of sp³-hybridized carbons (Fsp3) is 0.308. The number of pyridine rings is 1. The molecule has 0 spiro atoms. The minimum Gasteiger partial charge on any atom is -0.495 e. The minimum absolute atomic E-state index is 0.0841. The monoisotopic (exact) mass is 511 g/mol. The molecule has 192 valence electrons. The zero-order valence-corrected chi connectivity index (χ0v) is 20.9. The quantitative estimate of drug-likeness (QED) is 0.409. The zero-order chi connectivity index (χ0) is 26.2. The first kappa shape index (κ1) is 23.6. The number of hydrogen-bond donors (Lipinski definition) is 2. The summed E-state index contributed by atoms with van der Waals surface area (Å²) in [5.41, 5.74) is 2.82. The van der Waals surface area contributed by atoms with Crippen LogP contribution in [0.15, 0.2) is 42.9 Å². The third-order valence-electron chi connectivity index (χ3n) is 6.92. The van der Waals surface area contributed by atoms with Gasteiger partial charge in [-0.2, -0.15) is 15.3 Å². The summed E-state index contributed by atoms with van der Waals surface area (Å²) in [4.78, 5) is 31.3. The molecule has 3 aromatic heterocycles. The number of anilines is 5. The van der Waals surface area contributed by atoms with Crippen LogP contribution in [0.3, 0.4) is 0 Å². The molecule has 1 aromatic carbocycles. The number of carbonyl (C=O) groups excluding carboxylic acids is 1. The van der Waals surface area contributed by atoms with Gasteiger partial charge in [0.1, 0.15) is 23.5 Å². The summed E-state index contributed by atoms with van der Waals surface area (Å²) in [6, 6.07) is 8.73. The Hall–Kier alpha value is -4.76. The third kappa shape index (κ3) is 4.03. The summed E-state index contributed by atoms with van der Waals surface area (Å²) in [6.45, 7) is 3.13. The van der Waals surface area contributed by atoms with Gasteiger partial charge in [0.15, 0.2) is 11.5 Å². The smallest absolute Gasteiger partial charge is 0.254 e. The maximum atomic E-state index is 13.8. The molecule has 0 saturated carbocycles. The molecule has 2 N–H and O–H groups in total. The van der Waals surface area contributed by atoms with Gasteiger partial charge in [-0.3, -0.25) is 14.8 Å². The molecule has 1 fully saturated rings. The number of ether oxygens (including phenoxy) is 2. The van der Waals surface area contributed by atoms with Crippen molar-refractivity contribution in [2.75, 3.05) is 35.4 Å². The fourth-order valence-corrected chi connectivity index (χ4v) is 5.06. The number of benzene rings is 1. The van der Waals surface area contributed by atoms with E-state index < -0.39 is 6.04 Å². The number of carbonyl (C=O) groups is 1. The molecule has 1 atom stereocenters. The summed E-state index contributed by atoms with van der Waals surface area (Å²) in [7, 11) is 1.51. The van der Waals surface area contributed by atoms with Crippen molar-refractivity contribution in [2.45, 2.75) is 31.8 Å². The lowest BCUT2D eigenvalue weighted by Crippen LogP contribution is -2.56. The van der Waals surface area contributed by atoms with Crippen molar-refractivity contribution in [3.05, 3.63) is 48.4 Å². The summed E-state index contributed by atoms with van der Waals surface area (Å²) >= 11 is 0. The lowest BCUT2D eigenvalue weighted by molar-refractivity contribution is -0.119. The number of nitrogens with zero attached hydrogens (tertiary/aromatic N) is 7. The lowest BCUT2D eigenvalue weighted by Gasteiger charge is -2.45. The highest BCUT2D eigenvalue weighted by Gasteiger charge is 2.41. The number of aromatic amines is 1. The molecular formula is C26H25N9O3. The Morgan fingerprint density at radius 1 is 1.18 bits per heavy atom. The Morgan fingerprint density at radius 3 is 2.82 bits per heavy atom. The van der Waals surface area contributed by atoms with Gasteiger partial charge >= 0.3 is 0 Å². The Balaban J connectivity index is 1.44. The van der Waals surface area contributed by atoms with Gasteiger partial charge in [0.05, 0.1) is 42.6 Å². The second-order valence-electron chi connectivity index (χ2n) is 9.16. The molecule has 0 unspecified atom stereocenters. The van der Waals surface area contributed by atoms with Gasteiger partial charge in [-0.25, -0.2) is 9.97 Å². The van der Waals surface area contributed by atoms with Crippen molar-refractivity contribution < 1.29 is 14.3 Å². The molecular weight excluding hydrogens is 486 g/mol. The number of rotatable bonds is 5. The van der Waals surface area contributed by atoms with Crippen LogP contribution in [0.25, 0.3) is 11.0 Å². The van der Waals surface area contributed by atoms with E-state index in [-0.39, 0.29) is 11.9 Å². The molecule has 2 aliphatic heterocycles. The van der Waals surface area contributed by atoms with Gasteiger partial charge in [-0.05, 0) is 44.0 Å². The summed E-state index contributed by atoms with van der Waals surface area (Å²) < 4.78 is 10.9. The largest absolute Gasteiger partial charge is 0.495 e. The number of fused-ring (bicyclic) bond motifs is 2. The first-order valence-electron chi connectivity index (χ1n) is 12.3. The number of hydrogen-bond acceptors (Lipinski definition) is 10. The Labute approximate surface area is 218 Å². The fourth-order valence-electron chi connectivity index (χ4n) is 5.06. The molecule has 0 bridgehead atoms. The first-order chi connectivity index (χ1) is 18.6. The molecule has 2 aliphatic rings. The maximum Gasteiger partial charge on any atom is 0.254 e. The van der Waals surface area contributed by atoms with E-state index in [2.05, 4.69) is 36.5 Å². The van der Waals surface area contributed by atoms with E-state index in [1.165, 1.54) is 7.11 Å². The predicted octanol–water partition coefficient (Wildman–Crippen LogP) is 3.42. The molecule has 5 heterocycles. The Bertz CT molecular complexity index is 1560. The van der Waals surface area contributed by atoms with Crippen LogP contribution < -0.4 is 19.9 Å². The van der Waals surface area contributed by atoms with E-state index in [0.29, 0.717) is 59.0 Å². The average Bonchev–Trinajstić information content (AvgIpc) is 3.42. The van der Waals surface area contributed by atoms with Crippen LogP contribution in [0, 0.1) is 11.3 Å². The predicted molar refractivity (Wildman–Crippen MR) is 140 cm³/mol. The lowest BCUT2D eigenvalue weighted by atomic mass is 10.0. The normalized spacial score (nSPS) is 17.8. The van der Waals surface area contributed by atoms with Gasteiger partial charge in [-0.1, -0.05) is 0 Å². The maximum absolute atomic E-state index is 13.8. The average molecular weight is 512 g/mol. The van der Waals surface area contributed by atoms with E-state index in [9.17, 15) is 10.1 Å². The van der Waals surface area contributed by atoms with E-state index in [0.717, 1.165) is 18.2 Å². The Morgan fingerprint density at radius 2 is 2.03 bits per heavy atom. The molecule has 1 amide bonds. The number of methoxy groups -OCH3 is 1. The van der Waals surface area contributed by atoms with Crippen molar-refractivity contribution in [3.63, 3.8) is 0 Å². The first-order valence-corrected chi connectivity index (χ1v) is 12.3. The summed E-state index contributed by atoms with van der Waals surface area (Å²) in [5, 5.41) is 20.6. The SMILES string of the molecule is COc1ccc(N2C(=O)[C@@H](C)N(C3CCOCC3)c3nc(Nc4cnc5[nH]ncc5c4)ncc32)cc1C#N. The highest BCUT2D eigenvalue weighted by Crippen LogP contribution is 2.42. The molecule has 6 rings (SSSR count). The van der Waals surface area contributed by atoms with Gasteiger partial charge in [0.25, 0.3) is 5.91 Å². The number of aromatic nitrogens is 5. The van der Waals surface area contributed by atoms with Crippen molar-refractivity contribution in [2.24, 2.45) is 0 Å². The van der Waals surface area contributed by atoms with Crippen LogP contribution in [0.5, 0.6) is 5.75 Å². The van der Waals surface area contributed by atoms with Crippen LogP contribution in [-0.2, 0) is 9.53 Å². The third-order valence-corrected chi connectivity index (χ3v) is 6.92. The van der Waals surface area contributed by atoms with Crippen molar-refractivity contribution in [3.8, 4) is 11.8 Å². The van der Waals surface area contributed by atoms with E-state index in [4.69, 9.17) is 14.5 Å². The second kappa shape index (κ2) is 9.60. The van der Waals surface area contributed by atoms with Crippen molar-refractivity contribution in [1.82, 2.24) is 25.1 Å². The molecule has 4 aromatic rings. The molecule has 38 heavy (non-hydrogen) atoms. The van der Waals surface area contributed by atoms with Crippen LogP contribution >= 0.6 is 0 Å². The number of H-pyrrole nitrogens is 1. The molecule has 12 heteroatoms. The zero-order valence-electron chi connectivity index (χ0n) is 20.9. The van der Waals surface area contributed by atoms with Crippen molar-refractivity contribution in [1.29, 1.82) is 5.26 Å². The number of amides is 1. The summed E-state index contributed by atoms with van der Waals surface area (Å²) in [5.74, 6) is 1.32. The Kier molecular flexibility index (Phi) is 5.97. The van der Waals surface area contributed by atoms with Crippen LogP contribution in [0.1, 0.15) is 25.3 Å². The van der Waals surface area contributed by atoms with E-state index >= 15 is 0 Å². The highest BCUT2D eigenvalue weighted by atomic mass is 16.5. The van der Waals surface area contributed by atoms with Crippen molar-refractivity contribution >= 4 is 45.8 Å². The summed E-state index contributed by atoms with van der Waals surface area (Å²) in [6.07, 6.45) is 6.58. The molecule has 1 saturated heterocycles. The standard InChI is InChI=1S/C26H25N9O3/c1-15-25(36)35(20-3-4-22(37-2)16(10-20)11-27)21-14-29-26(31-18-9-17-12-30-33-23(17)28-13-18)32-24(21)34(15)19-5-7-38-8-6-19/h3-4,9-10,12-15,19H,5-8H2,1-2H3,(H,28,30,33)(H,29,31,32)/t15-/m1/s1. The van der Waals surface area contributed by atoms with Gasteiger partial charge < -0.3 is 19.7 Å². The molecule has 12 nitrogen and oxygen atoms in total. The van der Waals surface area contributed by atoms with Gasteiger partial charge in [0, 0.05) is 24.6 Å². The minimum atomic E-state index is -0.495. The topological polar surface area (TPSA) is 145 Å². The molecule has 0 radical (unpaired) electrons. The highest BCUT2D eigenvalue weighted by molar-refractivity contribution is 6.10. The van der Waals surface area contributed by atoms with Crippen LogP contribution in [0.4, 0.5) is 28.8 Å². The van der Waals surface area contributed by atoms with Crippen LogP contribution in [-0.4, -0.2) is 63.5 Å². The van der Waals surface area contributed by atoms with Gasteiger partial charge in [0.2, 0.25) is 5.95 Å². The van der Waals surface area contributed by atoms with E-state index in [1.807, 2.05) is 13.0 Å². The molecule has 0 aliphatic carbocycles. The second-order valence-corrected chi connectivity index (χ2v) is 9.16. The van der Waals surface area contributed by atoms with E-state index in [1.54, 1.807) is 41.7 Å². The van der Waals surface area contributed by atoms with Crippen LogP contribution in [0.2, 0.25) is 0 Å². The number of nitrogens with one attached hydrogen (secondary N) is 2. The number of nitriles is 1. The van der Waals surface area contributed by atoms with Gasteiger partial charge in [-0.15, -0.1) is 0 Å².